The monoisotopic (exact) mass is 240 g/mol. The van der Waals surface area contributed by atoms with E-state index in [9.17, 15) is 0 Å². The number of likely N-dealkylation sites (N-methyl/N-ethyl adjacent to an activating group) is 1. The van der Waals surface area contributed by atoms with Gasteiger partial charge >= 0.3 is 0 Å². The van der Waals surface area contributed by atoms with Crippen molar-refractivity contribution < 1.29 is 8.97 Å². The van der Waals surface area contributed by atoms with Crippen molar-refractivity contribution >= 4 is 0 Å². The van der Waals surface area contributed by atoms with Gasteiger partial charge in [-0.3, -0.25) is 0 Å². The SMILES string of the molecule is CCCCCCC[N+]12CC[N+](CC)(CC1)CC2. The Kier molecular flexibility index (Phi) is 4.48. The minimum absolute atomic E-state index is 1.37. The molecule has 0 N–H and O–H groups in total. The topological polar surface area (TPSA) is 0 Å². The molecule has 3 saturated heterocycles. The van der Waals surface area contributed by atoms with Crippen LogP contribution in [0.1, 0.15) is 46.0 Å². The van der Waals surface area contributed by atoms with Gasteiger partial charge in [0.25, 0.3) is 0 Å². The van der Waals surface area contributed by atoms with Gasteiger partial charge in [0.15, 0.2) is 0 Å². The lowest BCUT2D eigenvalue weighted by molar-refractivity contribution is -1.08. The van der Waals surface area contributed by atoms with Gasteiger partial charge in [-0.05, 0) is 19.8 Å². The number of hydrogen-bond donors (Lipinski definition) is 0. The Hall–Kier alpha value is -0.0800. The lowest BCUT2D eigenvalue weighted by Gasteiger charge is -2.55. The fourth-order valence-electron chi connectivity index (χ4n) is 3.80. The van der Waals surface area contributed by atoms with Gasteiger partial charge in [-0.2, -0.15) is 0 Å². The maximum Gasteiger partial charge on any atom is 0.129 e. The van der Waals surface area contributed by atoms with Gasteiger partial charge in [0.05, 0.1) is 13.1 Å². The standard InChI is InChI=1S/C15H32N2/c1-3-5-6-7-8-9-17-13-10-16(4-2,11-14-17)12-15-17/h3-15H2,1-2H3/q+2. The van der Waals surface area contributed by atoms with Gasteiger partial charge in [0.2, 0.25) is 0 Å². The average molecular weight is 240 g/mol. The predicted octanol–water partition coefficient (Wildman–Crippen LogP) is 2.64. The second kappa shape index (κ2) is 5.71. The van der Waals surface area contributed by atoms with E-state index in [0.717, 1.165) is 0 Å². The van der Waals surface area contributed by atoms with Crippen LogP contribution in [-0.4, -0.2) is 61.3 Å². The molecule has 0 amide bonds. The average Bonchev–Trinajstić information content (AvgIpc) is 2.41. The van der Waals surface area contributed by atoms with Crippen LogP contribution in [0.25, 0.3) is 0 Å². The zero-order valence-corrected chi connectivity index (χ0v) is 12.1. The van der Waals surface area contributed by atoms with Crippen molar-refractivity contribution in [2.45, 2.75) is 46.0 Å². The van der Waals surface area contributed by atoms with Crippen molar-refractivity contribution in [1.82, 2.24) is 0 Å². The van der Waals surface area contributed by atoms with Gasteiger partial charge in [0, 0.05) is 0 Å². The zero-order valence-electron chi connectivity index (χ0n) is 12.1. The molecule has 3 aliphatic rings. The third-order valence-electron chi connectivity index (χ3n) is 5.55. The number of nitrogens with zero attached hydrogens (tertiary/aromatic N) is 2. The first-order valence-corrected chi connectivity index (χ1v) is 7.94. The Bertz CT molecular complexity index is 213. The molecule has 0 aromatic rings. The summed E-state index contributed by atoms with van der Waals surface area (Å²) < 4.78 is 2.92. The van der Waals surface area contributed by atoms with Crippen LogP contribution in [0, 0.1) is 0 Å². The summed E-state index contributed by atoms with van der Waals surface area (Å²) in [6, 6.07) is 0. The first-order chi connectivity index (χ1) is 8.24. The van der Waals surface area contributed by atoms with E-state index in [1.54, 1.807) is 0 Å². The first kappa shape index (κ1) is 13.4. The second-order valence-corrected chi connectivity index (χ2v) is 6.48. The fourth-order valence-corrected chi connectivity index (χ4v) is 3.80. The van der Waals surface area contributed by atoms with Crippen molar-refractivity contribution in [3.05, 3.63) is 0 Å². The molecular weight excluding hydrogens is 208 g/mol. The Morgan fingerprint density at radius 3 is 1.71 bits per heavy atom. The molecular formula is C15H32N2+2. The van der Waals surface area contributed by atoms with Gasteiger partial charge in [-0.15, -0.1) is 0 Å². The van der Waals surface area contributed by atoms with Crippen molar-refractivity contribution in [2.24, 2.45) is 0 Å². The highest BCUT2D eigenvalue weighted by molar-refractivity contribution is 4.61. The maximum absolute atomic E-state index is 2.38. The third kappa shape index (κ3) is 3.03. The maximum atomic E-state index is 2.38. The van der Waals surface area contributed by atoms with E-state index in [-0.39, 0.29) is 0 Å². The lowest BCUT2D eigenvalue weighted by atomic mass is 10.0. The Morgan fingerprint density at radius 1 is 0.647 bits per heavy atom. The Labute approximate surface area is 108 Å². The van der Waals surface area contributed by atoms with Crippen LogP contribution < -0.4 is 0 Å². The summed E-state index contributed by atoms with van der Waals surface area (Å²) in [7, 11) is 0. The van der Waals surface area contributed by atoms with Gasteiger partial charge in [0.1, 0.15) is 39.3 Å². The molecule has 0 aromatic heterocycles. The molecule has 0 saturated carbocycles. The summed E-state index contributed by atoms with van der Waals surface area (Å²) in [5.74, 6) is 0. The molecule has 0 radical (unpaired) electrons. The van der Waals surface area contributed by atoms with E-state index in [1.165, 1.54) is 93.4 Å². The summed E-state index contributed by atoms with van der Waals surface area (Å²) in [4.78, 5) is 0. The van der Waals surface area contributed by atoms with Crippen LogP contribution in [0.5, 0.6) is 0 Å². The van der Waals surface area contributed by atoms with E-state index in [2.05, 4.69) is 13.8 Å². The second-order valence-electron chi connectivity index (χ2n) is 6.48. The number of hydrogen-bond acceptors (Lipinski definition) is 0. The van der Waals surface area contributed by atoms with Crippen LogP contribution >= 0.6 is 0 Å². The molecule has 3 rings (SSSR count). The molecule has 0 spiro atoms. The lowest BCUT2D eigenvalue weighted by Crippen LogP contribution is -2.74. The van der Waals surface area contributed by atoms with Crippen molar-refractivity contribution in [1.29, 1.82) is 0 Å². The van der Waals surface area contributed by atoms with Crippen LogP contribution in [0.2, 0.25) is 0 Å². The number of quaternary nitrogens is 2. The summed E-state index contributed by atoms with van der Waals surface area (Å²) in [5.41, 5.74) is 0. The van der Waals surface area contributed by atoms with Gasteiger partial charge < -0.3 is 8.97 Å². The minimum Gasteiger partial charge on any atom is -0.310 e. The van der Waals surface area contributed by atoms with E-state index in [4.69, 9.17) is 0 Å². The largest absolute Gasteiger partial charge is 0.310 e. The molecule has 0 unspecified atom stereocenters. The number of piperazine rings is 3. The molecule has 2 nitrogen and oxygen atoms in total. The molecule has 0 aromatic carbocycles. The predicted molar refractivity (Wildman–Crippen MR) is 73.9 cm³/mol. The van der Waals surface area contributed by atoms with Crippen molar-refractivity contribution in [3.63, 3.8) is 0 Å². The van der Waals surface area contributed by atoms with Crippen LogP contribution in [0.4, 0.5) is 0 Å². The highest BCUT2D eigenvalue weighted by Crippen LogP contribution is 2.26. The van der Waals surface area contributed by atoms with E-state index < -0.39 is 0 Å². The van der Waals surface area contributed by atoms with Gasteiger partial charge in [-0.1, -0.05) is 26.2 Å². The highest BCUT2D eigenvalue weighted by atomic mass is 15.5. The molecule has 0 atom stereocenters. The highest BCUT2D eigenvalue weighted by Gasteiger charge is 2.47. The first-order valence-electron chi connectivity index (χ1n) is 7.94. The van der Waals surface area contributed by atoms with Gasteiger partial charge in [-0.25, -0.2) is 0 Å². The molecule has 100 valence electrons. The van der Waals surface area contributed by atoms with E-state index in [0.29, 0.717) is 0 Å². The molecule has 2 heteroatoms. The van der Waals surface area contributed by atoms with Crippen LogP contribution in [-0.2, 0) is 0 Å². The molecule has 0 aliphatic carbocycles. The number of unbranched alkanes of at least 4 members (excludes halogenated alkanes) is 4. The fraction of sp³-hybridized carbons (Fsp3) is 1.00. The smallest absolute Gasteiger partial charge is 0.129 e. The summed E-state index contributed by atoms with van der Waals surface area (Å²) in [5, 5.41) is 0. The molecule has 3 fully saturated rings. The van der Waals surface area contributed by atoms with Crippen LogP contribution in [0.15, 0.2) is 0 Å². The molecule has 3 heterocycles. The normalized spacial score (nSPS) is 36.4. The third-order valence-corrected chi connectivity index (χ3v) is 5.55. The quantitative estimate of drug-likeness (QED) is 0.474. The Balaban J connectivity index is 1.71. The minimum atomic E-state index is 1.37. The number of fused-ring (bicyclic) bond motifs is 3. The molecule has 2 bridgehead atoms. The Morgan fingerprint density at radius 2 is 1.18 bits per heavy atom. The zero-order chi connectivity index (χ0) is 12.2. The summed E-state index contributed by atoms with van der Waals surface area (Å²) in [6.07, 6.45) is 7.23. The summed E-state index contributed by atoms with van der Waals surface area (Å²) >= 11 is 0. The molecule has 17 heavy (non-hydrogen) atoms. The van der Waals surface area contributed by atoms with E-state index in [1.807, 2.05) is 0 Å². The van der Waals surface area contributed by atoms with Crippen molar-refractivity contribution in [2.75, 3.05) is 52.4 Å². The number of rotatable bonds is 7. The van der Waals surface area contributed by atoms with Crippen LogP contribution in [0.3, 0.4) is 0 Å². The molecule has 3 aliphatic heterocycles. The summed E-state index contributed by atoms with van der Waals surface area (Å²) in [6.45, 7) is 16.4. The van der Waals surface area contributed by atoms with E-state index >= 15 is 0 Å². The van der Waals surface area contributed by atoms with Crippen molar-refractivity contribution in [3.8, 4) is 0 Å².